The van der Waals surface area contributed by atoms with E-state index in [0.717, 1.165) is 22.8 Å². The first-order chi connectivity index (χ1) is 8.83. The van der Waals surface area contributed by atoms with Crippen molar-refractivity contribution in [2.75, 3.05) is 0 Å². The van der Waals surface area contributed by atoms with Crippen molar-refractivity contribution < 1.29 is 4.74 Å². The Bertz CT molecular complexity index is 660. The van der Waals surface area contributed by atoms with Crippen molar-refractivity contribution in [3.8, 4) is 5.75 Å². The third-order valence-electron chi connectivity index (χ3n) is 2.65. The largest absolute Gasteiger partial charge is 0.486 e. The van der Waals surface area contributed by atoms with Crippen LogP contribution in [0.3, 0.4) is 0 Å². The molecule has 3 aromatic rings. The Labute approximate surface area is 104 Å². The van der Waals surface area contributed by atoms with Crippen molar-refractivity contribution in [2.45, 2.75) is 13.5 Å². The Kier molecular flexibility index (Phi) is 2.64. The summed E-state index contributed by atoms with van der Waals surface area (Å²) in [6, 6.07) is 9.64. The van der Waals surface area contributed by atoms with Crippen molar-refractivity contribution in [3.05, 3.63) is 54.2 Å². The minimum Gasteiger partial charge on any atom is -0.486 e. The maximum Gasteiger partial charge on any atom is 0.155 e. The highest BCUT2D eigenvalue weighted by molar-refractivity contribution is 5.37. The lowest BCUT2D eigenvalue weighted by atomic mass is 10.3. The van der Waals surface area contributed by atoms with Crippen molar-refractivity contribution in [1.29, 1.82) is 0 Å². The van der Waals surface area contributed by atoms with Crippen LogP contribution < -0.4 is 4.74 Å². The predicted octanol–water partition coefficient (Wildman–Crippen LogP) is 2.01. The fraction of sp³-hybridized carbons (Fsp3) is 0.154. The van der Waals surface area contributed by atoms with Gasteiger partial charge in [-0.15, -0.1) is 0 Å². The van der Waals surface area contributed by atoms with Crippen LogP contribution in [0.25, 0.3) is 5.65 Å². The standard InChI is InChI=1S/C13H12N4O/c1-10-5-6-12(7-14-10)18-8-11-3-2-4-13-15-9-16-17(11)13/h2-7,9H,8H2,1H3. The second-order valence-corrected chi connectivity index (χ2v) is 3.97. The fourth-order valence-corrected chi connectivity index (χ4v) is 1.71. The van der Waals surface area contributed by atoms with Crippen LogP contribution in [-0.4, -0.2) is 19.6 Å². The van der Waals surface area contributed by atoms with Gasteiger partial charge >= 0.3 is 0 Å². The third kappa shape index (κ3) is 2.02. The first kappa shape index (κ1) is 10.7. The molecular formula is C13H12N4O. The van der Waals surface area contributed by atoms with Crippen LogP contribution in [0, 0.1) is 6.92 Å². The van der Waals surface area contributed by atoms with Crippen molar-refractivity contribution in [3.63, 3.8) is 0 Å². The molecule has 0 spiro atoms. The monoisotopic (exact) mass is 240 g/mol. The fourth-order valence-electron chi connectivity index (χ4n) is 1.71. The highest BCUT2D eigenvalue weighted by atomic mass is 16.5. The van der Waals surface area contributed by atoms with E-state index in [1.165, 1.54) is 6.33 Å². The van der Waals surface area contributed by atoms with Gasteiger partial charge in [-0.05, 0) is 31.2 Å². The first-order valence-electron chi connectivity index (χ1n) is 5.66. The van der Waals surface area contributed by atoms with E-state index in [4.69, 9.17) is 4.74 Å². The van der Waals surface area contributed by atoms with Gasteiger partial charge in [-0.2, -0.15) is 5.10 Å². The number of fused-ring (bicyclic) bond motifs is 1. The van der Waals surface area contributed by atoms with E-state index < -0.39 is 0 Å². The van der Waals surface area contributed by atoms with E-state index in [0.29, 0.717) is 6.61 Å². The predicted molar refractivity (Wildman–Crippen MR) is 66.3 cm³/mol. The van der Waals surface area contributed by atoms with Gasteiger partial charge in [0.05, 0.1) is 11.9 Å². The van der Waals surface area contributed by atoms with Gasteiger partial charge in [0.15, 0.2) is 5.65 Å². The zero-order chi connectivity index (χ0) is 12.4. The zero-order valence-electron chi connectivity index (χ0n) is 9.95. The highest BCUT2D eigenvalue weighted by Gasteiger charge is 2.02. The Morgan fingerprint density at radius 3 is 2.94 bits per heavy atom. The van der Waals surface area contributed by atoms with E-state index >= 15 is 0 Å². The van der Waals surface area contributed by atoms with Crippen LogP contribution in [0.15, 0.2) is 42.9 Å². The number of rotatable bonds is 3. The van der Waals surface area contributed by atoms with E-state index in [1.807, 2.05) is 37.3 Å². The number of pyridine rings is 2. The molecule has 0 atom stereocenters. The number of aryl methyl sites for hydroxylation is 1. The summed E-state index contributed by atoms with van der Waals surface area (Å²) in [5, 5.41) is 4.15. The molecule has 3 heterocycles. The quantitative estimate of drug-likeness (QED) is 0.702. The summed E-state index contributed by atoms with van der Waals surface area (Å²) in [5.74, 6) is 0.748. The average Bonchev–Trinajstić information content (AvgIpc) is 2.87. The molecule has 0 radical (unpaired) electrons. The average molecular weight is 240 g/mol. The second kappa shape index (κ2) is 4.44. The normalized spacial score (nSPS) is 10.7. The molecule has 5 nitrogen and oxygen atoms in total. The molecule has 90 valence electrons. The lowest BCUT2D eigenvalue weighted by Crippen LogP contribution is -2.03. The Hall–Kier alpha value is -2.43. The number of aromatic nitrogens is 4. The molecular weight excluding hydrogens is 228 g/mol. The summed E-state index contributed by atoms with van der Waals surface area (Å²) in [4.78, 5) is 8.31. The summed E-state index contributed by atoms with van der Waals surface area (Å²) in [6.07, 6.45) is 3.25. The number of hydrogen-bond acceptors (Lipinski definition) is 4. The van der Waals surface area contributed by atoms with Gasteiger partial charge in [-0.3, -0.25) is 4.98 Å². The summed E-state index contributed by atoms with van der Waals surface area (Å²) in [6.45, 7) is 2.38. The lowest BCUT2D eigenvalue weighted by molar-refractivity contribution is 0.297. The van der Waals surface area contributed by atoms with Crippen LogP contribution >= 0.6 is 0 Å². The van der Waals surface area contributed by atoms with Crippen molar-refractivity contribution >= 4 is 5.65 Å². The number of hydrogen-bond donors (Lipinski definition) is 0. The topological polar surface area (TPSA) is 52.3 Å². The smallest absolute Gasteiger partial charge is 0.155 e. The Balaban J connectivity index is 1.80. The van der Waals surface area contributed by atoms with E-state index in [1.54, 1.807) is 10.7 Å². The molecule has 0 fully saturated rings. The molecule has 0 N–H and O–H groups in total. The number of ether oxygens (including phenoxy) is 1. The van der Waals surface area contributed by atoms with Crippen molar-refractivity contribution in [1.82, 2.24) is 19.6 Å². The SMILES string of the molecule is Cc1ccc(OCc2cccc3ncnn23)cn1. The van der Waals surface area contributed by atoms with E-state index in [2.05, 4.69) is 15.1 Å². The third-order valence-corrected chi connectivity index (χ3v) is 2.65. The molecule has 3 aromatic heterocycles. The van der Waals surface area contributed by atoms with Crippen LogP contribution in [0.4, 0.5) is 0 Å². The molecule has 18 heavy (non-hydrogen) atoms. The lowest BCUT2D eigenvalue weighted by Gasteiger charge is -2.07. The van der Waals surface area contributed by atoms with Gasteiger partial charge < -0.3 is 4.74 Å². The molecule has 0 saturated carbocycles. The molecule has 0 aliphatic heterocycles. The molecule has 0 amide bonds. The summed E-state index contributed by atoms with van der Waals surface area (Å²) >= 11 is 0. The second-order valence-electron chi connectivity index (χ2n) is 3.97. The van der Waals surface area contributed by atoms with Gasteiger partial charge in [-0.25, -0.2) is 9.50 Å². The molecule has 0 aliphatic rings. The van der Waals surface area contributed by atoms with Crippen molar-refractivity contribution in [2.24, 2.45) is 0 Å². The van der Waals surface area contributed by atoms with Crippen LogP contribution in [0.1, 0.15) is 11.4 Å². The van der Waals surface area contributed by atoms with Gasteiger partial charge in [0.1, 0.15) is 18.7 Å². The molecule has 5 heteroatoms. The van der Waals surface area contributed by atoms with E-state index in [-0.39, 0.29) is 0 Å². The molecule has 3 rings (SSSR count). The zero-order valence-corrected chi connectivity index (χ0v) is 9.95. The number of nitrogens with zero attached hydrogens (tertiary/aromatic N) is 4. The molecule has 0 bridgehead atoms. The Morgan fingerprint density at radius 1 is 1.17 bits per heavy atom. The maximum atomic E-state index is 5.67. The molecule has 0 aromatic carbocycles. The Morgan fingerprint density at radius 2 is 2.11 bits per heavy atom. The van der Waals surface area contributed by atoms with Crippen LogP contribution in [0.5, 0.6) is 5.75 Å². The van der Waals surface area contributed by atoms with Gasteiger partial charge in [0.2, 0.25) is 0 Å². The molecule has 0 unspecified atom stereocenters. The highest BCUT2D eigenvalue weighted by Crippen LogP contribution is 2.12. The minimum absolute atomic E-state index is 0.436. The summed E-state index contributed by atoms with van der Waals surface area (Å²) < 4.78 is 7.44. The van der Waals surface area contributed by atoms with Crippen LogP contribution in [-0.2, 0) is 6.61 Å². The summed E-state index contributed by atoms with van der Waals surface area (Å²) in [5.41, 5.74) is 2.74. The summed E-state index contributed by atoms with van der Waals surface area (Å²) in [7, 11) is 0. The van der Waals surface area contributed by atoms with Gasteiger partial charge in [0.25, 0.3) is 0 Å². The van der Waals surface area contributed by atoms with Gasteiger partial charge in [-0.1, -0.05) is 6.07 Å². The molecule has 0 saturated heterocycles. The van der Waals surface area contributed by atoms with Crippen LogP contribution in [0.2, 0.25) is 0 Å². The minimum atomic E-state index is 0.436. The maximum absolute atomic E-state index is 5.67. The van der Waals surface area contributed by atoms with Gasteiger partial charge in [0, 0.05) is 5.69 Å². The molecule has 0 aliphatic carbocycles. The first-order valence-corrected chi connectivity index (χ1v) is 5.66. The van der Waals surface area contributed by atoms with E-state index in [9.17, 15) is 0 Å².